The molecule has 2 aromatic carbocycles. The molecule has 1 nitrogen and oxygen atoms in total. The molecule has 3 heteroatoms. The van der Waals surface area contributed by atoms with Gasteiger partial charge >= 0.3 is 0 Å². The highest BCUT2D eigenvalue weighted by atomic mass is 79.9. The average molecular weight is 325 g/mol. The Labute approximate surface area is 121 Å². The van der Waals surface area contributed by atoms with E-state index >= 15 is 0 Å². The van der Waals surface area contributed by atoms with Gasteiger partial charge in [0.15, 0.2) is 0 Å². The van der Waals surface area contributed by atoms with E-state index in [1.807, 2.05) is 18.2 Å². The highest BCUT2D eigenvalue weighted by Crippen LogP contribution is 2.22. The fourth-order valence-corrected chi connectivity index (χ4v) is 2.32. The van der Waals surface area contributed by atoms with Crippen molar-refractivity contribution in [2.75, 3.05) is 5.32 Å². The first kappa shape index (κ1) is 13.4. The van der Waals surface area contributed by atoms with Crippen LogP contribution in [0.15, 0.2) is 40.9 Å². The molecule has 0 atom stereocenters. The fourth-order valence-electron chi connectivity index (χ4n) is 1.73. The number of hydrogen-bond donors (Lipinski definition) is 1. The summed E-state index contributed by atoms with van der Waals surface area (Å²) in [5.41, 5.74) is 4.81. The summed E-state index contributed by atoms with van der Waals surface area (Å²) < 4.78 is 1.05. The van der Waals surface area contributed by atoms with Gasteiger partial charge in [0.2, 0.25) is 0 Å². The third kappa shape index (κ3) is 3.27. The summed E-state index contributed by atoms with van der Waals surface area (Å²) in [4.78, 5) is 0. The van der Waals surface area contributed by atoms with Crippen LogP contribution in [0.4, 0.5) is 5.69 Å². The molecule has 0 aromatic heterocycles. The Morgan fingerprint density at radius 2 is 1.83 bits per heavy atom. The lowest BCUT2D eigenvalue weighted by Gasteiger charge is -2.10. The minimum absolute atomic E-state index is 0.723. The molecule has 18 heavy (non-hydrogen) atoms. The van der Waals surface area contributed by atoms with Crippen LogP contribution in [0.3, 0.4) is 0 Å². The number of rotatable bonds is 3. The zero-order valence-corrected chi connectivity index (χ0v) is 12.8. The molecule has 0 aliphatic heterocycles. The molecular weight excluding hydrogens is 310 g/mol. The molecule has 2 aromatic rings. The highest BCUT2D eigenvalue weighted by Gasteiger charge is 2.02. The van der Waals surface area contributed by atoms with Crippen LogP contribution in [0.1, 0.15) is 16.7 Å². The molecule has 0 heterocycles. The summed E-state index contributed by atoms with van der Waals surface area (Å²) in [6, 6.07) is 12.3. The van der Waals surface area contributed by atoms with Crippen LogP contribution < -0.4 is 5.32 Å². The Morgan fingerprint density at radius 3 is 2.56 bits per heavy atom. The Hall–Kier alpha value is -0.990. The predicted octanol–water partition coefficient (Wildman–Crippen LogP) is 5.33. The highest BCUT2D eigenvalue weighted by molar-refractivity contribution is 9.10. The van der Waals surface area contributed by atoms with Crippen LogP contribution in [0.25, 0.3) is 0 Å². The average Bonchev–Trinajstić information content (AvgIpc) is 2.34. The van der Waals surface area contributed by atoms with Crippen molar-refractivity contribution in [2.45, 2.75) is 20.4 Å². The molecule has 0 saturated heterocycles. The maximum atomic E-state index is 6.16. The number of halogens is 2. The SMILES string of the molecule is Cc1ccc(NCc2cc(Br)ccc2Cl)cc1C. The van der Waals surface area contributed by atoms with Crippen molar-refractivity contribution in [1.29, 1.82) is 0 Å². The summed E-state index contributed by atoms with van der Waals surface area (Å²) in [5, 5.41) is 4.18. The van der Waals surface area contributed by atoms with Gasteiger partial charge in [-0.05, 0) is 60.9 Å². The van der Waals surface area contributed by atoms with E-state index < -0.39 is 0 Å². The molecule has 0 aliphatic rings. The van der Waals surface area contributed by atoms with E-state index in [1.165, 1.54) is 11.1 Å². The first-order valence-corrected chi connectivity index (χ1v) is 6.98. The lowest BCUT2D eigenvalue weighted by Crippen LogP contribution is -2.00. The first-order chi connectivity index (χ1) is 8.56. The van der Waals surface area contributed by atoms with Crippen LogP contribution in [-0.2, 0) is 6.54 Å². The second-order valence-electron chi connectivity index (χ2n) is 4.39. The van der Waals surface area contributed by atoms with E-state index in [-0.39, 0.29) is 0 Å². The van der Waals surface area contributed by atoms with E-state index in [4.69, 9.17) is 11.6 Å². The fraction of sp³-hybridized carbons (Fsp3) is 0.200. The van der Waals surface area contributed by atoms with Crippen LogP contribution in [0.2, 0.25) is 5.02 Å². The standard InChI is InChI=1S/C15H15BrClN/c1-10-3-5-14(7-11(10)2)18-9-12-8-13(16)4-6-15(12)17/h3-8,18H,9H2,1-2H3. The Balaban J connectivity index is 2.11. The van der Waals surface area contributed by atoms with Gasteiger partial charge in [-0.2, -0.15) is 0 Å². The molecule has 2 rings (SSSR count). The minimum Gasteiger partial charge on any atom is -0.381 e. The smallest absolute Gasteiger partial charge is 0.0456 e. The first-order valence-electron chi connectivity index (χ1n) is 5.81. The lowest BCUT2D eigenvalue weighted by molar-refractivity contribution is 1.14. The van der Waals surface area contributed by atoms with Gasteiger partial charge in [0.1, 0.15) is 0 Å². The quantitative estimate of drug-likeness (QED) is 0.804. The molecule has 0 saturated carbocycles. The summed E-state index contributed by atoms with van der Waals surface area (Å²) in [6.45, 7) is 4.96. The molecule has 1 N–H and O–H groups in total. The monoisotopic (exact) mass is 323 g/mol. The topological polar surface area (TPSA) is 12.0 Å². The Morgan fingerprint density at radius 1 is 1.06 bits per heavy atom. The van der Waals surface area contributed by atoms with Gasteiger partial charge in [0, 0.05) is 21.7 Å². The minimum atomic E-state index is 0.723. The van der Waals surface area contributed by atoms with Crippen LogP contribution in [-0.4, -0.2) is 0 Å². The molecule has 0 aliphatic carbocycles. The van der Waals surface area contributed by atoms with Gasteiger partial charge in [-0.3, -0.25) is 0 Å². The normalized spacial score (nSPS) is 10.4. The molecule has 0 spiro atoms. The van der Waals surface area contributed by atoms with Gasteiger partial charge in [-0.15, -0.1) is 0 Å². The molecule has 0 amide bonds. The van der Waals surface area contributed by atoms with Gasteiger partial charge < -0.3 is 5.32 Å². The summed E-state index contributed by atoms with van der Waals surface area (Å²) in [7, 11) is 0. The zero-order chi connectivity index (χ0) is 13.1. The second-order valence-corrected chi connectivity index (χ2v) is 5.71. The van der Waals surface area contributed by atoms with Crippen molar-refractivity contribution in [3.8, 4) is 0 Å². The van der Waals surface area contributed by atoms with Crippen molar-refractivity contribution < 1.29 is 0 Å². The maximum Gasteiger partial charge on any atom is 0.0456 e. The lowest BCUT2D eigenvalue weighted by atomic mass is 10.1. The van der Waals surface area contributed by atoms with Crippen molar-refractivity contribution in [1.82, 2.24) is 0 Å². The summed E-state index contributed by atoms with van der Waals surface area (Å²) in [6.07, 6.45) is 0. The second kappa shape index (κ2) is 5.77. The predicted molar refractivity (Wildman–Crippen MR) is 82.4 cm³/mol. The third-order valence-electron chi connectivity index (χ3n) is 3.00. The molecule has 0 bridgehead atoms. The maximum absolute atomic E-state index is 6.16. The van der Waals surface area contributed by atoms with Crippen LogP contribution >= 0.6 is 27.5 Å². The Bertz CT molecular complexity index is 566. The van der Waals surface area contributed by atoms with Gasteiger partial charge in [0.05, 0.1) is 0 Å². The van der Waals surface area contributed by atoms with Crippen molar-refractivity contribution in [3.05, 3.63) is 62.6 Å². The third-order valence-corrected chi connectivity index (χ3v) is 3.86. The van der Waals surface area contributed by atoms with E-state index in [9.17, 15) is 0 Å². The number of aryl methyl sites for hydroxylation is 2. The molecule has 0 fully saturated rings. The molecule has 0 unspecified atom stereocenters. The number of benzene rings is 2. The van der Waals surface area contributed by atoms with E-state index in [1.54, 1.807) is 0 Å². The summed E-state index contributed by atoms with van der Waals surface area (Å²) >= 11 is 9.62. The number of hydrogen-bond acceptors (Lipinski definition) is 1. The summed E-state index contributed by atoms with van der Waals surface area (Å²) in [5.74, 6) is 0. The van der Waals surface area contributed by atoms with E-state index in [0.29, 0.717) is 0 Å². The van der Waals surface area contributed by atoms with Gasteiger partial charge in [0.25, 0.3) is 0 Å². The largest absolute Gasteiger partial charge is 0.381 e. The zero-order valence-electron chi connectivity index (χ0n) is 10.4. The van der Waals surface area contributed by atoms with E-state index in [0.717, 1.165) is 27.3 Å². The van der Waals surface area contributed by atoms with Crippen molar-refractivity contribution in [2.24, 2.45) is 0 Å². The molecule has 94 valence electrons. The van der Waals surface area contributed by atoms with Crippen molar-refractivity contribution >= 4 is 33.2 Å². The molecule has 0 radical (unpaired) electrons. The van der Waals surface area contributed by atoms with Crippen LogP contribution in [0.5, 0.6) is 0 Å². The van der Waals surface area contributed by atoms with Crippen LogP contribution in [0, 0.1) is 13.8 Å². The van der Waals surface area contributed by atoms with Crippen molar-refractivity contribution in [3.63, 3.8) is 0 Å². The molecular formula is C15H15BrClN. The van der Waals surface area contributed by atoms with E-state index in [2.05, 4.69) is 53.3 Å². The van der Waals surface area contributed by atoms with Gasteiger partial charge in [-0.25, -0.2) is 0 Å². The van der Waals surface area contributed by atoms with Gasteiger partial charge in [-0.1, -0.05) is 33.6 Å². The number of nitrogens with one attached hydrogen (secondary N) is 1. The Kier molecular flexibility index (Phi) is 4.31. The number of anilines is 1.